The van der Waals surface area contributed by atoms with E-state index in [1.54, 1.807) is 6.92 Å². The Labute approximate surface area is 95.5 Å². The number of amides is 1. The maximum atomic E-state index is 12.0. The maximum Gasteiger partial charge on any atom is 0.230 e. The van der Waals surface area contributed by atoms with E-state index < -0.39 is 6.10 Å². The van der Waals surface area contributed by atoms with E-state index >= 15 is 0 Å². The predicted octanol–water partition coefficient (Wildman–Crippen LogP) is 1.22. The Kier molecular flexibility index (Phi) is 2.97. The molecule has 0 saturated heterocycles. The Morgan fingerprint density at radius 3 is 2.56 bits per heavy atom. The molecule has 86 valence electrons. The second-order valence-electron chi connectivity index (χ2n) is 4.51. The van der Waals surface area contributed by atoms with Crippen molar-refractivity contribution in [3.63, 3.8) is 0 Å². The zero-order chi connectivity index (χ0) is 11.6. The summed E-state index contributed by atoms with van der Waals surface area (Å²) in [6.07, 6.45) is 1.32. The van der Waals surface area contributed by atoms with E-state index in [4.69, 9.17) is 5.11 Å². The van der Waals surface area contributed by atoms with Gasteiger partial charge in [0.25, 0.3) is 0 Å². The number of aliphatic hydroxyl groups is 1. The molecule has 1 aliphatic rings. The second-order valence-corrected chi connectivity index (χ2v) is 4.51. The van der Waals surface area contributed by atoms with Crippen molar-refractivity contribution in [1.82, 2.24) is 5.32 Å². The van der Waals surface area contributed by atoms with Crippen LogP contribution in [0, 0.1) is 0 Å². The van der Waals surface area contributed by atoms with Gasteiger partial charge in [0.1, 0.15) is 0 Å². The Morgan fingerprint density at radius 1 is 1.44 bits per heavy atom. The first kappa shape index (κ1) is 11.1. The third-order valence-electron chi connectivity index (χ3n) is 3.07. The van der Waals surface area contributed by atoms with Crippen LogP contribution in [0.1, 0.15) is 25.3 Å². The molecule has 3 nitrogen and oxygen atoms in total. The van der Waals surface area contributed by atoms with Gasteiger partial charge in [0.15, 0.2) is 0 Å². The van der Waals surface area contributed by atoms with E-state index in [1.807, 2.05) is 30.3 Å². The van der Waals surface area contributed by atoms with Crippen molar-refractivity contribution in [2.24, 2.45) is 0 Å². The molecule has 1 atom stereocenters. The molecule has 1 saturated carbocycles. The minimum atomic E-state index is -0.490. The minimum Gasteiger partial charge on any atom is -0.392 e. The highest BCUT2D eigenvalue weighted by Crippen LogP contribution is 2.48. The molecule has 0 radical (unpaired) electrons. The Morgan fingerprint density at radius 2 is 2.06 bits per heavy atom. The SMILES string of the molecule is C[C@H](O)CNC(=O)C1(c2ccccc2)CC1. The molecule has 0 spiro atoms. The van der Waals surface area contributed by atoms with Gasteiger partial charge >= 0.3 is 0 Å². The minimum absolute atomic E-state index is 0.0413. The van der Waals surface area contributed by atoms with Crippen molar-refractivity contribution in [3.05, 3.63) is 35.9 Å². The lowest BCUT2D eigenvalue weighted by atomic mass is 9.95. The van der Waals surface area contributed by atoms with E-state index in [9.17, 15) is 4.79 Å². The van der Waals surface area contributed by atoms with Crippen molar-refractivity contribution in [2.45, 2.75) is 31.3 Å². The quantitative estimate of drug-likeness (QED) is 0.799. The van der Waals surface area contributed by atoms with Crippen LogP contribution in [0.25, 0.3) is 0 Å². The van der Waals surface area contributed by atoms with Crippen molar-refractivity contribution in [2.75, 3.05) is 6.54 Å². The van der Waals surface area contributed by atoms with E-state index in [2.05, 4.69) is 5.32 Å². The van der Waals surface area contributed by atoms with E-state index in [0.29, 0.717) is 6.54 Å². The number of aliphatic hydroxyl groups excluding tert-OH is 1. The number of rotatable bonds is 4. The molecule has 0 bridgehead atoms. The molecule has 1 aliphatic carbocycles. The lowest BCUT2D eigenvalue weighted by Gasteiger charge is -2.16. The molecule has 0 aromatic heterocycles. The van der Waals surface area contributed by atoms with Gasteiger partial charge < -0.3 is 10.4 Å². The van der Waals surface area contributed by atoms with Crippen molar-refractivity contribution in [1.29, 1.82) is 0 Å². The molecule has 2 rings (SSSR count). The number of carbonyl (C=O) groups excluding carboxylic acids is 1. The van der Waals surface area contributed by atoms with Crippen LogP contribution in [0.4, 0.5) is 0 Å². The number of hydrogen-bond donors (Lipinski definition) is 2. The van der Waals surface area contributed by atoms with Gasteiger partial charge in [0, 0.05) is 6.54 Å². The van der Waals surface area contributed by atoms with E-state index in [-0.39, 0.29) is 11.3 Å². The van der Waals surface area contributed by atoms with E-state index in [1.165, 1.54) is 0 Å². The van der Waals surface area contributed by atoms with Gasteiger partial charge in [0.05, 0.1) is 11.5 Å². The molecule has 1 aromatic rings. The molecule has 1 aromatic carbocycles. The molecule has 0 heterocycles. The number of benzene rings is 1. The summed E-state index contributed by atoms with van der Waals surface area (Å²) in [4.78, 5) is 12.0. The van der Waals surface area contributed by atoms with Crippen LogP contribution in [0.5, 0.6) is 0 Å². The fraction of sp³-hybridized carbons (Fsp3) is 0.462. The predicted molar refractivity (Wildman–Crippen MR) is 62.0 cm³/mol. The summed E-state index contributed by atoms with van der Waals surface area (Å²) in [6.45, 7) is 2.00. The molecular weight excluding hydrogens is 202 g/mol. The number of carbonyl (C=O) groups is 1. The van der Waals surface area contributed by atoms with Crippen molar-refractivity contribution in [3.8, 4) is 0 Å². The van der Waals surface area contributed by atoms with Gasteiger partial charge in [-0.1, -0.05) is 30.3 Å². The van der Waals surface area contributed by atoms with Crippen LogP contribution in [-0.2, 0) is 10.2 Å². The summed E-state index contributed by atoms with van der Waals surface area (Å²) < 4.78 is 0. The number of hydrogen-bond acceptors (Lipinski definition) is 2. The summed E-state index contributed by atoms with van der Waals surface area (Å²) in [5.41, 5.74) is 0.758. The topological polar surface area (TPSA) is 49.3 Å². The zero-order valence-electron chi connectivity index (χ0n) is 9.44. The maximum absolute atomic E-state index is 12.0. The average molecular weight is 219 g/mol. The normalized spacial score (nSPS) is 18.9. The Balaban J connectivity index is 2.06. The summed E-state index contributed by atoms with van der Waals surface area (Å²) in [5, 5.41) is 11.9. The molecular formula is C13H17NO2. The van der Waals surface area contributed by atoms with Gasteiger partial charge in [-0.15, -0.1) is 0 Å². The van der Waals surface area contributed by atoms with Crippen LogP contribution in [0.15, 0.2) is 30.3 Å². The average Bonchev–Trinajstić information content (AvgIpc) is 3.08. The van der Waals surface area contributed by atoms with Gasteiger partial charge in [0.2, 0.25) is 5.91 Å². The molecule has 0 aliphatic heterocycles. The first-order chi connectivity index (χ1) is 7.65. The molecule has 16 heavy (non-hydrogen) atoms. The molecule has 2 N–H and O–H groups in total. The third-order valence-corrected chi connectivity index (χ3v) is 3.07. The lowest BCUT2D eigenvalue weighted by molar-refractivity contribution is -0.124. The van der Waals surface area contributed by atoms with Crippen molar-refractivity contribution >= 4 is 5.91 Å². The summed E-state index contributed by atoms with van der Waals surface area (Å²) in [6, 6.07) is 9.85. The van der Waals surface area contributed by atoms with E-state index in [0.717, 1.165) is 18.4 Å². The fourth-order valence-corrected chi connectivity index (χ4v) is 1.94. The smallest absolute Gasteiger partial charge is 0.230 e. The van der Waals surface area contributed by atoms with Gasteiger partial charge in [-0.3, -0.25) is 4.79 Å². The largest absolute Gasteiger partial charge is 0.392 e. The highest BCUT2D eigenvalue weighted by molar-refractivity contribution is 5.91. The molecule has 0 unspecified atom stereocenters. The Hall–Kier alpha value is -1.35. The standard InChI is InChI=1S/C13H17NO2/c1-10(15)9-14-12(16)13(7-8-13)11-5-3-2-4-6-11/h2-6,10,15H,7-9H2,1H3,(H,14,16)/t10-/m0/s1. The molecule has 3 heteroatoms. The first-order valence-electron chi connectivity index (χ1n) is 5.67. The highest BCUT2D eigenvalue weighted by atomic mass is 16.3. The van der Waals surface area contributed by atoms with Crippen LogP contribution in [0.2, 0.25) is 0 Å². The molecule has 1 amide bonds. The lowest BCUT2D eigenvalue weighted by Crippen LogP contribution is -2.38. The number of nitrogens with one attached hydrogen (secondary N) is 1. The second kappa shape index (κ2) is 4.26. The van der Waals surface area contributed by atoms with Crippen LogP contribution in [-0.4, -0.2) is 23.7 Å². The van der Waals surface area contributed by atoms with Gasteiger partial charge in [-0.2, -0.15) is 0 Å². The van der Waals surface area contributed by atoms with Crippen molar-refractivity contribution < 1.29 is 9.90 Å². The monoisotopic (exact) mass is 219 g/mol. The molecule has 1 fully saturated rings. The van der Waals surface area contributed by atoms with Gasteiger partial charge in [-0.25, -0.2) is 0 Å². The highest BCUT2D eigenvalue weighted by Gasteiger charge is 2.50. The summed E-state index contributed by atoms with van der Waals surface area (Å²) in [5.74, 6) is 0.0413. The van der Waals surface area contributed by atoms with Crippen LogP contribution >= 0.6 is 0 Å². The summed E-state index contributed by atoms with van der Waals surface area (Å²) >= 11 is 0. The third kappa shape index (κ3) is 2.09. The zero-order valence-corrected chi connectivity index (χ0v) is 9.44. The first-order valence-corrected chi connectivity index (χ1v) is 5.67. The van der Waals surface area contributed by atoms with Crippen LogP contribution < -0.4 is 5.32 Å². The van der Waals surface area contributed by atoms with Crippen LogP contribution in [0.3, 0.4) is 0 Å². The Bertz CT molecular complexity index is 369. The fourth-order valence-electron chi connectivity index (χ4n) is 1.94. The summed E-state index contributed by atoms with van der Waals surface area (Å²) in [7, 11) is 0. The van der Waals surface area contributed by atoms with Gasteiger partial charge in [-0.05, 0) is 25.3 Å².